The Labute approximate surface area is 166 Å². The fourth-order valence-electron chi connectivity index (χ4n) is 3.91. The van der Waals surface area contributed by atoms with E-state index in [0.717, 1.165) is 32.2 Å². The lowest BCUT2D eigenvalue weighted by atomic mass is 9.97. The lowest BCUT2D eigenvalue weighted by Gasteiger charge is -2.34. The van der Waals surface area contributed by atoms with Gasteiger partial charge in [-0.15, -0.1) is 0 Å². The van der Waals surface area contributed by atoms with Crippen LogP contribution in [0.4, 0.5) is 0 Å². The molecule has 0 bridgehead atoms. The van der Waals surface area contributed by atoms with Gasteiger partial charge in [0.2, 0.25) is 11.8 Å². The fraction of sp³-hybridized carbons (Fsp3) is 0.571. The monoisotopic (exact) mass is 386 g/mol. The van der Waals surface area contributed by atoms with Gasteiger partial charge in [-0.3, -0.25) is 14.4 Å². The van der Waals surface area contributed by atoms with E-state index >= 15 is 0 Å². The van der Waals surface area contributed by atoms with Gasteiger partial charge in [0.25, 0.3) is 5.91 Å². The van der Waals surface area contributed by atoms with Crippen LogP contribution in [0.5, 0.6) is 0 Å². The van der Waals surface area contributed by atoms with Crippen molar-refractivity contribution in [3.63, 3.8) is 0 Å². The summed E-state index contributed by atoms with van der Waals surface area (Å²) in [5.41, 5.74) is 0.543. The third-order valence-electron chi connectivity index (χ3n) is 5.53. The topological polar surface area (TPSA) is 90.5 Å². The molecular weight excluding hydrogens is 356 g/mol. The summed E-state index contributed by atoms with van der Waals surface area (Å²) in [7, 11) is 0. The number of amides is 3. The van der Waals surface area contributed by atoms with E-state index in [0.29, 0.717) is 25.2 Å². The number of nitrogens with one attached hydrogen (secondary N) is 3. The number of hydrogen-bond donors (Lipinski definition) is 3. The summed E-state index contributed by atoms with van der Waals surface area (Å²) in [6, 6.07) is 8.24. The predicted molar refractivity (Wildman–Crippen MR) is 107 cm³/mol. The first-order chi connectivity index (χ1) is 13.5. The SMILES string of the molecule is CC(NC(=O)c1ccccc1)C(=O)N1CCCC(CNC(=O)C2CCCN2)C1. The minimum atomic E-state index is -0.580. The molecule has 0 aliphatic carbocycles. The molecule has 2 heterocycles. The number of carbonyl (C=O) groups excluding carboxylic acids is 3. The Balaban J connectivity index is 1.46. The van der Waals surface area contributed by atoms with Crippen LogP contribution < -0.4 is 16.0 Å². The van der Waals surface area contributed by atoms with Gasteiger partial charge in [0.1, 0.15) is 6.04 Å². The van der Waals surface area contributed by atoms with Crippen molar-refractivity contribution in [3.05, 3.63) is 35.9 Å². The second-order valence-corrected chi connectivity index (χ2v) is 7.75. The highest BCUT2D eigenvalue weighted by molar-refractivity contribution is 5.97. The molecule has 7 nitrogen and oxygen atoms in total. The zero-order chi connectivity index (χ0) is 19.9. The number of nitrogens with zero attached hydrogens (tertiary/aromatic N) is 1. The normalized spacial score (nSPS) is 23.1. The van der Waals surface area contributed by atoms with Gasteiger partial charge >= 0.3 is 0 Å². The van der Waals surface area contributed by atoms with Crippen molar-refractivity contribution in [1.82, 2.24) is 20.9 Å². The van der Waals surface area contributed by atoms with Gasteiger partial charge in [-0.2, -0.15) is 0 Å². The molecule has 2 aliphatic heterocycles. The van der Waals surface area contributed by atoms with Crippen LogP contribution in [0.25, 0.3) is 0 Å². The molecule has 3 amide bonds. The molecule has 0 aromatic heterocycles. The van der Waals surface area contributed by atoms with Crippen LogP contribution in [0, 0.1) is 5.92 Å². The summed E-state index contributed by atoms with van der Waals surface area (Å²) >= 11 is 0. The molecule has 7 heteroatoms. The average Bonchev–Trinajstić information content (AvgIpc) is 3.27. The Hall–Kier alpha value is -2.41. The van der Waals surface area contributed by atoms with Gasteiger partial charge in [-0.05, 0) is 57.2 Å². The first-order valence-electron chi connectivity index (χ1n) is 10.2. The number of likely N-dealkylation sites (tertiary alicyclic amines) is 1. The molecule has 3 unspecified atom stereocenters. The number of piperidine rings is 1. The standard InChI is InChI=1S/C21H30N4O3/c1-15(24-19(26)17-8-3-2-4-9-17)21(28)25-12-6-7-16(14-25)13-23-20(27)18-10-5-11-22-18/h2-4,8-9,15-16,18,22H,5-7,10-14H2,1H3,(H,23,27)(H,24,26). The van der Waals surface area contributed by atoms with Crippen molar-refractivity contribution in [1.29, 1.82) is 0 Å². The number of rotatable bonds is 6. The quantitative estimate of drug-likeness (QED) is 0.678. The third-order valence-corrected chi connectivity index (χ3v) is 5.53. The van der Waals surface area contributed by atoms with E-state index in [4.69, 9.17) is 0 Å². The molecule has 0 radical (unpaired) electrons. The lowest BCUT2D eigenvalue weighted by molar-refractivity contribution is -0.134. The summed E-state index contributed by atoms with van der Waals surface area (Å²) in [4.78, 5) is 39.0. The van der Waals surface area contributed by atoms with Crippen LogP contribution in [-0.2, 0) is 9.59 Å². The number of carbonyl (C=O) groups is 3. The van der Waals surface area contributed by atoms with Crippen LogP contribution in [0.15, 0.2) is 30.3 Å². The second-order valence-electron chi connectivity index (χ2n) is 7.75. The van der Waals surface area contributed by atoms with E-state index in [1.807, 2.05) is 11.0 Å². The molecule has 3 N–H and O–H groups in total. The van der Waals surface area contributed by atoms with E-state index in [-0.39, 0.29) is 29.7 Å². The van der Waals surface area contributed by atoms with Crippen LogP contribution in [0.1, 0.15) is 43.0 Å². The fourth-order valence-corrected chi connectivity index (χ4v) is 3.91. The van der Waals surface area contributed by atoms with Crippen LogP contribution in [0.3, 0.4) is 0 Å². The number of benzene rings is 1. The maximum absolute atomic E-state index is 12.8. The van der Waals surface area contributed by atoms with Gasteiger partial charge in [-0.1, -0.05) is 18.2 Å². The number of hydrogen-bond acceptors (Lipinski definition) is 4. The van der Waals surface area contributed by atoms with Crippen molar-refractivity contribution >= 4 is 17.7 Å². The first-order valence-corrected chi connectivity index (χ1v) is 10.2. The summed E-state index contributed by atoms with van der Waals surface area (Å²) < 4.78 is 0. The lowest BCUT2D eigenvalue weighted by Crippen LogP contribution is -2.51. The zero-order valence-corrected chi connectivity index (χ0v) is 16.4. The van der Waals surface area contributed by atoms with Crippen molar-refractivity contribution in [2.45, 2.75) is 44.7 Å². The molecule has 28 heavy (non-hydrogen) atoms. The Kier molecular flexibility index (Phi) is 7.03. The summed E-state index contributed by atoms with van der Waals surface area (Å²) in [6.07, 6.45) is 3.83. The minimum Gasteiger partial charge on any atom is -0.354 e. The molecule has 1 aromatic carbocycles. The Morgan fingerprint density at radius 3 is 2.68 bits per heavy atom. The minimum absolute atomic E-state index is 0.0597. The molecule has 2 aliphatic rings. The summed E-state index contributed by atoms with van der Waals surface area (Å²) in [5.74, 6) is -0.00590. The van der Waals surface area contributed by atoms with E-state index in [2.05, 4.69) is 16.0 Å². The van der Waals surface area contributed by atoms with E-state index in [9.17, 15) is 14.4 Å². The highest BCUT2D eigenvalue weighted by Gasteiger charge is 2.29. The molecule has 3 atom stereocenters. The van der Waals surface area contributed by atoms with Crippen LogP contribution in [-0.4, -0.2) is 60.9 Å². The van der Waals surface area contributed by atoms with E-state index in [1.54, 1.807) is 31.2 Å². The smallest absolute Gasteiger partial charge is 0.251 e. The van der Waals surface area contributed by atoms with Crippen LogP contribution >= 0.6 is 0 Å². The van der Waals surface area contributed by atoms with Gasteiger partial charge in [0.05, 0.1) is 6.04 Å². The summed E-state index contributed by atoms with van der Waals surface area (Å²) in [5, 5.41) is 9.02. The van der Waals surface area contributed by atoms with Gasteiger partial charge in [0.15, 0.2) is 0 Å². The van der Waals surface area contributed by atoms with Gasteiger partial charge < -0.3 is 20.9 Å². The van der Waals surface area contributed by atoms with Gasteiger partial charge in [-0.25, -0.2) is 0 Å². The van der Waals surface area contributed by atoms with Crippen molar-refractivity contribution in [2.24, 2.45) is 5.92 Å². The average molecular weight is 386 g/mol. The largest absolute Gasteiger partial charge is 0.354 e. The third kappa shape index (κ3) is 5.32. The molecule has 3 rings (SSSR count). The van der Waals surface area contributed by atoms with Crippen LogP contribution in [0.2, 0.25) is 0 Å². The predicted octanol–water partition coefficient (Wildman–Crippen LogP) is 0.912. The molecule has 1 aromatic rings. The molecule has 2 saturated heterocycles. The Bertz CT molecular complexity index is 688. The molecule has 152 valence electrons. The van der Waals surface area contributed by atoms with E-state index < -0.39 is 6.04 Å². The highest BCUT2D eigenvalue weighted by Crippen LogP contribution is 2.17. The highest BCUT2D eigenvalue weighted by atomic mass is 16.2. The van der Waals surface area contributed by atoms with Gasteiger partial charge in [0, 0.05) is 25.2 Å². The van der Waals surface area contributed by atoms with Crippen molar-refractivity contribution in [3.8, 4) is 0 Å². The zero-order valence-electron chi connectivity index (χ0n) is 16.4. The molecule has 0 saturated carbocycles. The molecule has 2 fully saturated rings. The van der Waals surface area contributed by atoms with Crippen molar-refractivity contribution < 1.29 is 14.4 Å². The van der Waals surface area contributed by atoms with E-state index in [1.165, 1.54) is 0 Å². The molecule has 0 spiro atoms. The first kappa shape index (κ1) is 20.3. The Morgan fingerprint density at radius 1 is 1.18 bits per heavy atom. The Morgan fingerprint density at radius 2 is 1.96 bits per heavy atom. The summed E-state index contributed by atoms with van der Waals surface area (Å²) in [6.45, 7) is 4.52. The maximum Gasteiger partial charge on any atom is 0.251 e. The van der Waals surface area contributed by atoms with Crippen molar-refractivity contribution in [2.75, 3.05) is 26.2 Å². The molecular formula is C21H30N4O3. The second kappa shape index (κ2) is 9.68. The maximum atomic E-state index is 12.8.